The number of carbonyl (C=O) groups is 1. The molecule has 0 aliphatic rings. The second kappa shape index (κ2) is 6.74. The van der Waals surface area contributed by atoms with Gasteiger partial charge in [0.25, 0.3) is 0 Å². The first-order valence-corrected chi connectivity index (χ1v) is 7.09. The maximum absolute atomic E-state index is 11.8. The zero-order chi connectivity index (χ0) is 15.4. The van der Waals surface area contributed by atoms with Crippen LogP contribution in [0, 0.1) is 0 Å². The van der Waals surface area contributed by atoms with E-state index in [1.165, 1.54) is 0 Å². The van der Waals surface area contributed by atoms with Crippen molar-refractivity contribution >= 4 is 17.5 Å². The Balaban J connectivity index is 1.97. The molecule has 0 aliphatic heterocycles. The second-order valence-electron chi connectivity index (χ2n) is 5.10. The zero-order valence-corrected chi connectivity index (χ0v) is 13.1. The molecule has 0 spiro atoms. The van der Waals surface area contributed by atoms with Gasteiger partial charge in [0, 0.05) is 37.4 Å². The number of benzene rings is 1. The van der Waals surface area contributed by atoms with E-state index in [-0.39, 0.29) is 11.9 Å². The van der Waals surface area contributed by atoms with Gasteiger partial charge in [-0.2, -0.15) is 5.10 Å². The number of amides is 1. The van der Waals surface area contributed by atoms with Crippen LogP contribution < -0.4 is 5.32 Å². The highest BCUT2D eigenvalue weighted by Gasteiger charge is 2.14. The van der Waals surface area contributed by atoms with Crippen LogP contribution in [0.2, 0.25) is 5.02 Å². The molecule has 0 saturated carbocycles. The molecular weight excluding hydrogens is 288 g/mol. The van der Waals surface area contributed by atoms with Crippen molar-refractivity contribution in [1.29, 1.82) is 0 Å². The lowest BCUT2D eigenvalue weighted by Crippen LogP contribution is -2.41. The second-order valence-corrected chi connectivity index (χ2v) is 5.54. The van der Waals surface area contributed by atoms with Crippen LogP contribution in [0.25, 0.3) is 5.69 Å². The van der Waals surface area contributed by atoms with Gasteiger partial charge in [0.2, 0.25) is 5.91 Å². The van der Waals surface area contributed by atoms with Crippen LogP contribution in [-0.4, -0.2) is 40.7 Å². The van der Waals surface area contributed by atoms with Crippen molar-refractivity contribution in [3.8, 4) is 5.69 Å². The number of carbonyl (C=O) groups excluding carboxylic acids is 1. The van der Waals surface area contributed by atoms with Gasteiger partial charge in [0.05, 0.1) is 17.9 Å². The maximum atomic E-state index is 11.8. The Hall–Kier alpha value is -1.85. The molecule has 1 atom stereocenters. The van der Waals surface area contributed by atoms with E-state index in [1.54, 1.807) is 29.9 Å². The average molecular weight is 307 g/mol. The summed E-state index contributed by atoms with van der Waals surface area (Å²) in [5.41, 5.74) is 1.96. The number of halogens is 1. The predicted molar refractivity (Wildman–Crippen MR) is 83.6 cm³/mol. The number of hydrogen-bond acceptors (Lipinski definition) is 3. The Labute approximate surface area is 129 Å². The van der Waals surface area contributed by atoms with Crippen LogP contribution in [0.4, 0.5) is 0 Å². The lowest BCUT2D eigenvalue weighted by Gasteiger charge is -2.17. The Morgan fingerprint density at radius 1 is 1.38 bits per heavy atom. The standard InChI is InChI=1S/C15H19ClN4O/c1-11(15(21)19(2)3)17-8-12-9-18-20(10-12)14-6-4-13(16)5-7-14/h4-7,9-11,17H,8H2,1-3H3/t11-/m1/s1. The molecule has 21 heavy (non-hydrogen) atoms. The Kier molecular flexibility index (Phi) is 4.98. The van der Waals surface area contributed by atoms with E-state index in [2.05, 4.69) is 10.4 Å². The molecule has 2 aromatic rings. The molecule has 1 heterocycles. The zero-order valence-electron chi connectivity index (χ0n) is 12.4. The smallest absolute Gasteiger partial charge is 0.238 e. The van der Waals surface area contributed by atoms with E-state index in [1.807, 2.05) is 37.4 Å². The van der Waals surface area contributed by atoms with Crippen molar-refractivity contribution in [3.05, 3.63) is 47.2 Å². The molecule has 112 valence electrons. The summed E-state index contributed by atoms with van der Waals surface area (Å²) in [6, 6.07) is 7.25. The molecule has 2 rings (SSSR count). The lowest BCUT2D eigenvalue weighted by molar-refractivity contribution is -0.130. The van der Waals surface area contributed by atoms with Gasteiger partial charge < -0.3 is 10.2 Å². The first kappa shape index (κ1) is 15.5. The van der Waals surface area contributed by atoms with Crippen LogP contribution in [0.15, 0.2) is 36.7 Å². The van der Waals surface area contributed by atoms with Crippen LogP contribution in [0.5, 0.6) is 0 Å². The molecule has 0 unspecified atom stereocenters. The van der Waals surface area contributed by atoms with Crippen molar-refractivity contribution in [2.75, 3.05) is 14.1 Å². The van der Waals surface area contributed by atoms with Gasteiger partial charge in [-0.1, -0.05) is 11.6 Å². The summed E-state index contributed by atoms with van der Waals surface area (Å²) >= 11 is 5.87. The third-order valence-corrected chi connectivity index (χ3v) is 3.40. The van der Waals surface area contributed by atoms with Crippen LogP contribution in [0.1, 0.15) is 12.5 Å². The highest BCUT2D eigenvalue weighted by Crippen LogP contribution is 2.13. The van der Waals surface area contributed by atoms with Crippen molar-refractivity contribution in [3.63, 3.8) is 0 Å². The molecule has 1 aromatic carbocycles. The minimum atomic E-state index is -0.223. The summed E-state index contributed by atoms with van der Waals surface area (Å²) < 4.78 is 1.78. The van der Waals surface area contributed by atoms with E-state index in [9.17, 15) is 4.79 Å². The number of nitrogens with one attached hydrogen (secondary N) is 1. The van der Waals surface area contributed by atoms with Gasteiger partial charge >= 0.3 is 0 Å². The molecule has 0 aliphatic carbocycles. The molecule has 6 heteroatoms. The SMILES string of the molecule is C[C@@H](NCc1cnn(-c2ccc(Cl)cc2)c1)C(=O)N(C)C. The molecule has 0 radical (unpaired) electrons. The number of rotatable bonds is 5. The van der Waals surface area contributed by atoms with Gasteiger partial charge in [0.1, 0.15) is 0 Å². The summed E-state index contributed by atoms with van der Waals surface area (Å²) in [6.07, 6.45) is 3.72. The van der Waals surface area contributed by atoms with E-state index in [0.717, 1.165) is 11.3 Å². The van der Waals surface area contributed by atoms with Crippen molar-refractivity contribution in [2.45, 2.75) is 19.5 Å². The molecule has 5 nitrogen and oxygen atoms in total. The Morgan fingerprint density at radius 3 is 2.67 bits per heavy atom. The summed E-state index contributed by atoms with van der Waals surface area (Å²) in [5, 5.41) is 8.20. The third kappa shape index (κ3) is 4.06. The first-order chi connectivity index (χ1) is 9.97. The average Bonchev–Trinajstić information content (AvgIpc) is 2.93. The minimum Gasteiger partial charge on any atom is -0.347 e. The van der Waals surface area contributed by atoms with Gasteiger partial charge in [-0.15, -0.1) is 0 Å². The monoisotopic (exact) mass is 306 g/mol. The van der Waals surface area contributed by atoms with Gasteiger partial charge in [-0.25, -0.2) is 4.68 Å². The molecule has 0 fully saturated rings. The first-order valence-electron chi connectivity index (χ1n) is 6.71. The highest BCUT2D eigenvalue weighted by atomic mass is 35.5. The van der Waals surface area contributed by atoms with E-state index >= 15 is 0 Å². The van der Waals surface area contributed by atoms with Crippen molar-refractivity contribution in [2.24, 2.45) is 0 Å². The lowest BCUT2D eigenvalue weighted by atomic mass is 10.2. The summed E-state index contributed by atoms with van der Waals surface area (Å²) in [7, 11) is 3.50. The Morgan fingerprint density at radius 2 is 2.05 bits per heavy atom. The molecule has 1 amide bonds. The quantitative estimate of drug-likeness (QED) is 0.920. The molecular formula is C15H19ClN4O. The van der Waals surface area contributed by atoms with Crippen LogP contribution in [0.3, 0.4) is 0 Å². The highest BCUT2D eigenvalue weighted by molar-refractivity contribution is 6.30. The van der Waals surface area contributed by atoms with E-state index < -0.39 is 0 Å². The predicted octanol–water partition coefficient (Wildman–Crippen LogP) is 2.09. The summed E-state index contributed by atoms with van der Waals surface area (Å²) in [5.74, 6) is 0.0556. The van der Waals surface area contributed by atoms with Crippen molar-refractivity contribution in [1.82, 2.24) is 20.0 Å². The number of hydrogen-bond donors (Lipinski definition) is 1. The topological polar surface area (TPSA) is 50.2 Å². The summed E-state index contributed by atoms with van der Waals surface area (Å²) in [4.78, 5) is 13.3. The number of likely N-dealkylation sites (N-methyl/N-ethyl adjacent to an activating group) is 1. The third-order valence-electron chi connectivity index (χ3n) is 3.15. The number of nitrogens with zero attached hydrogens (tertiary/aromatic N) is 3. The number of aromatic nitrogens is 2. The van der Waals surface area contributed by atoms with Gasteiger partial charge in [0.15, 0.2) is 0 Å². The molecule has 0 saturated heterocycles. The fraction of sp³-hybridized carbons (Fsp3) is 0.333. The summed E-state index contributed by atoms with van der Waals surface area (Å²) in [6.45, 7) is 2.44. The van der Waals surface area contributed by atoms with E-state index in [0.29, 0.717) is 11.6 Å². The fourth-order valence-electron chi connectivity index (χ4n) is 1.93. The molecule has 0 bridgehead atoms. The van der Waals surface area contributed by atoms with Gasteiger partial charge in [-0.3, -0.25) is 4.79 Å². The van der Waals surface area contributed by atoms with Crippen LogP contribution >= 0.6 is 11.6 Å². The van der Waals surface area contributed by atoms with E-state index in [4.69, 9.17) is 11.6 Å². The van der Waals surface area contributed by atoms with Crippen molar-refractivity contribution < 1.29 is 4.79 Å². The minimum absolute atomic E-state index is 0.0556. The fourth-order valence-corrected chi connectivity index (χ4v) is 2.06. The normalized spacial score (nSPS) is 12.2. The largest absolute Gasteiger partial charge is 0.347 e. The Bertz CT molecular complexity index is 606. The maximum Gasteiger partial charge on any atom is 0.238 e. The molecule has 1 N–H and O–H groups in total. The van der Waals surface area contributed by atoms with Crippen LogP contribution in [-0.2, 0) is 11.3 Å². The molecule has 1 aromatic heterocycles. The van der Waals surface area contributed by atoms with Gasteiger partial charge in [-0.05, 0) is 31.2 Å².